The van der Waals surface area contributed by atoms with Gasteiger partial charge in [0.05, 0.1) is 10.9 Å². The second-order valence-electron chi connectivity index (χ2n) is 6.52. The number of nitrogens with zero attached hydrogens (tertiary/aromatic N) is 1. The van der Waals surface area contributed by atoms with E-state index in [1.807, 2.05) is 37.3 Å². The summed E-state index contributed by atoms with van der Waals surface area (Å²) in [5.74, 6) is -0.158. The molecule has 0 aromatic heterocycles. The van der Waals surface area contributed by atoms with Crippen molar-refractivity contribution in [2.24, 2.45) is 0 Å². The molecule has 0 spiro atoms. The zero-order valence-electron chi connectivity index (χ0n) is 14.9. The molecule has 7 heteroatoms. The molecule has 1 heterocycles. The van der Waals surface area contributed by atoms with Gasteiger partial charge in [-0.1, -0.05) is 36.4 Å². The predicted octanol–water partition coefficient (Wildman–Crippen LogP) is 1.52. The van der Waals surface area contributed by atoms with Gasteiger partial charge in [-0.3, -0.25) is 4.79 Å². The van der Waals surface area contributed by atoms with Crippen LogP contribution in [0.1, 0.15) is 21.5 Å². The fourth-order valence-corrected chi connectivity index (χ4v) is 3.80. The van der Waals surface area contributed by atoms with Gasteiger partial charge in [0.15, 0.2) is 0 Å². The summed E-state index contributed by atoms with van der Waals surface area (Å²) in [4.78, 5) is 14.5. The number of likely N-dealkylation sites (N-methyl/N-ethyl adjacent to an activating group) is 1. The first kappa shape index (κ1) is 18.6. The van der Waals surface area contributed by atoms with Gasteiger partial charge in [-0.25, -0.2) is 13.1 Å². The van der Waals surface area contributed by atoms with Gasteiger partial charge < -0.3 is 10.2 Å². The summed E-state index contributed by atoms with van der Waals surface area (Å²) in [6, 6.07) is 14.1. The maximum atomic E-state index is 12.7. The lowest BCUT2D eigenvalue weighted by Crippen LogP contribution is -2.57. The van der Waals surface area contributed by atoms with E-state index in [0.717, 1.165) is 24.2 Å². The van der Waals surface area contributed by atoms with E-state index in [4.69, 9.17) is 0 Å². The quantitative estimate of drug-likeness (QED) is 0.805. The van der Waals surface area contributed by atoms with E-state index in [1.54, 1.807) is 18.0 Å². The van der Waals surface area contributed by atoms with Crippen molar-refractivity contribution in [3.05, 3.63) is 65.2 Å². The zero-order valence-corrected chi connectivity index (χ0v) is 15.7. The zero-order chi connectivity index (χ0) is 18.7. The van der Waals surface area contributed by atoms with E-state index in [0.29, 0.717) is 5.56 Å². The first-order valence-electron chi connectivity index (χ1n) is 8.50. The molecule has 0 bridgehead atoms. The molecule has 1 aliphatic rings. The number of aryl methyl sites for hydroxylation is 1. The minimum atomic E-state index is -3.70. The minimum Gasteiger partial charge on any atom is -0.336 e. The van der Waals surface area contributed by atoms with Gasteiger partial charge in [-0.05, 0) is 30.2 Å². The van der Waals surface area contributed by atoms with Gasteiger partial charge in [-0.15, -0.1) is 0 Å². The monoisotopic (exact) mass is 373 g/mol. The molecule has 26 heavy (non-hydrogen) atoms. The second-order valence-corrected chi connectivity index (χ2v) is 8.28. The van der Waals surface area contributed by atoms with Crippen LogP contribution >= 0.6 is 0 Å². The summed E-state index contributed by atoms with van der Waals surface area (Å²) in [6.45, 7) is 3.54. The van der Waals surface area contributed by atoms with E-state index in [9.17, 15) is 13.2 Å². The van der Waals surface area contributed by atoms with E-state index < -0.39 is 10.0 Å². The molecule has 1 aliphatic heterocycles. The Morgan fingerprint density at radius 2 is 1.88 bits per heavy atom. The van der Waals surface area contributed by atoms with Crippen molar-refractivity contribution in [3.8, 4) is 0 Å². The van der Waals surface area contributed by atoms with Crippen LogP contribution in [0.15, 0.2) is 53.4 Å². The smallest absolute Gasteiger partial charge is 0.254 e. The summed E-state index contributed by atoms with van der Waals surface area (Å²) in [6.07, 6.45) is 0. The summed E-state index contributed by atoms with van der Waals surface area (Å²) in [7, 11) is -1.95. The summed E-state index contributed by atoms with van der Waals surface area (Å²) < 4.78 is 27.8. The van der Waals surface area contributed by atoms with Gasteiger partial charge in [0.25, 0.3) is 5.91 Å². The Kier molecular flexibility index (Phi) is 5.41. The van der Waals surface area contributed by atoms with Crippen LogP contribution in [0.4, 0.5) is 0 Å². The van der Waals surface area contributed by atoms with Crippen LogP contribution in [0.25, 0.3) is 0 Å². The van der Waals surface area contributed by atoms with E-state index in [-0.39, 0.29) is 23.4 Å². The fraction of sp³-hybridized carbons (Fsp3) is 0.316. The number of hydrogen-bond acceptors (Lipinski definition) is 4. The standard InChI is InChI=1S/C19H23N3O3S/c1-14-8-9-17(10-18(14)19(23)22(2)16-12-20-13-16)26(24,25)21-11-15-6-4-3-5-7-15/h3-10,16,20-21H,11-13H2,1-2H3. The lowest BCUT2D eigenvalue weighted by molar-refractivity contribution is 0.0680. The SMILES string of the molecule is Cc1ccc(S(=O)(=O)NCc2ccccc2)cc1C(=O)N(C)C1CNC1. The molecule has 3 rings (SSSR count). The molecule has 0 unspecified atom stereocenters. The number of benzene rings is 2. The number of carbonyl (C=O) groups excluding carboxylic acids is 1. The number of sulfonamides is 1. The Morgan fingerprint density at radius 1 is 1.19 bits per heavy atom. The Balaban J connectivity index is 1.80. The number of rotatable bonds is 6. The van der Waals surface area contributed by atoms with E-state index in [1.165, 1.54) is 12.1 Å². The van der Waals surface area contributed by atoms with Crippen molar-refractivity contribution in [1.82, 2.24) is 14.9 Å². The molecular formula is C19H23N3O3S. The van der Waals surface area contributed by atoms with Crippen LogP contribution in [0.5, 0.6) is 0 Å². The maximum Gasteiger partial charge on any atom is 0.254 e. The predicted molar refractivity (Wildman–Crippen MR) is 100 cm³/mol. The fourth-order valence-electron chi connectivity index (χ4n) is 2.76. The van der Waals surface area contributed by atoms with Crippen LogP contribution in [-0.4, -0.2) is 45.4 Å². The van der Waals surface area contributed by atoms with Crippen molar-refractivity contribution < 1.29 is 13.2 Å². The van der Waals surface area contributed by atoms with Crippen LogP contribution in [0, 0.1) is 6.92 Å². The molecular weight excluding hydrogens is 350 g/mol. The third-order valence-corrected chi connectivity index (χ3v) is 6.09. The molecule has 0 saturated carbocycles. The number of carbonyl (C=O) groups is 1. The molecule has 0 radical (unpaired) electrons. The molecule has 2 N–H and O–H groups in total. The van der Waals surface area contributed by atoms with Gasteiger partial charge in [0, 0.05) is 32.2 Å². The highest BCUT2D eigenvalue weighted by atomic mass is 32.2. The maximum absolute atomic E-state index is 12.7. The molecule has 1 amide bonds. The van der Waals surface area contributed by atoms with Crippen molar-refractivity contribution in [3.63, 3.8) is 0 Å². The number of hydrogen-bond donors (Lipinski definition) is 2. The van der Waals surface area contributed by atoms with Crippen LogP contribution in [0.2, 0.25) is 0 Å². The number of amides is 1. The first-order chi connectivity index (χ1) is 12.4. The topological polar surface area (TPSA) is 78.5 Å². The summed E-state index contributed by atoms with van der Waals surface area (Å²) >= 11 is 0. The Hall–Kier alpha value is -2.22. The molecule has 138 valence electrons. The lowest BCUT2D eigenvalue weighted by atomic mass is 10.1. The highest BCUT2D eigenvalue weighted by molar-refractivity contribution is 7.89. The van der Waals surface area contributed by atoms with E-state index >= 15 is 0 Å². The van der Waals surface area contributed by atoms with Crippen molar-refractivity contribution >= 4 is 15.9 Å². The Morgan fingerprint density at radius 3 is 2.50 bits per heavy atom. The third kappa shape index (κ3) is 3.95. The van der Waals surface area contributed by atoms with Gasteiger partial charge in [0.2, 0.25) is 10.0 Å². The molecule has 0 atom stereocenters. The van der Waals surface area contributed by atoms with Crippen molar-refractivity contribution in [1.29, 1.82) is 0 Å². The Labute approximate surface area is 154 Å². The first-order valence-corrected chi connectivity index (χ1v) is 9.99. The van der Waals surface area contributed by atoms with Crippen molar-refractivity contribution in [2.45, 2.75) is 24.4 Å². The minimum absolute atomic E-state index is 0.0996. The van der Waals surface area contributed by atoms with E-state index in [2.05, 4.69) is 10.0 Å². The van der Waals surface area contributed by atoms with Gasteiger partial charge in [-0.2, -0.15) is 0 Å². The van der Waals surface area contributed by atoms with Gasteiger partial charge >= 0.3 is 0 Å². The summed E-state index contributed by atoms with van der Waals surface area (Å²) in [5.41, 5.74) is 2.05. The average Bonchev–Trinajstić information content (AvgIpc) is 2.59. The average molecular weight is 373 g/mol. The lowest BCUT2D eigenvalue weighted by Gasteiger charge is -2.35. The van der Waals surface area contributed by atoms with Crippen molar-refractivity contribution in [2.75, 3.05) is 20.1 Å². The Bertz CT molecular complexity index is 894. The molecule has 1 saturated heterocycles. The molecule has 2 aromatic rings. The molecule has 6 nitrogen and oxygen atoms in total. The van der Waals surface area contributed by atoms with Crippen LogP contribution in [-0.2, 0) is 16.6 Å². The van der Waals surface area contributed by atoms with Gasteiger partial charge in [0.1, 0.15) is 0 Å². The molecule has 1 fully saturated rings. The largest absolute Gasteiger partial charge is 0.336 e. The summed E-state index contributed by atoms with van der Waals surface area (Å²) in [5, 5.41) is 3.13. The second kappa shape index (κ2) is 7.57. The third-order valence-electron chi connectivity index (χ3n) is 4.69. The molecule has 0 aliphatic carbocycles. The normalized spacial score (nSPS) is 14.7. The number of nitrogens with one attached hydrogen (secondary N) is 2. The highest BCUT2D eigenvalue weighted by Crippen LogP contribution is 2.19. The molecule has 2 aromatic carbocycles. The van der Waals surface area contributed by atoms with Crippen LogP contribution < -0.4 is 10.0 Å². The van der Waals surface area contributed by atoms with Crippen LogP contribution in [0.3, 0.4) is 0 Å². The highest BCUT2D eigenvalue weighted by Gasteiger charge is 2.27.